The minimum Gasteiger partial charge on any atom is -0.265 e. The summed E-state index contributed by atoms with van der Waals surface area (Å²) in [7, 11) is 0. The molecule has 1 atom stereocenters. The highest BCUT2D eigenvalue weighted by Gasteiger charge is 2.30. The molecular formula is C19H31N. The zero-order chi connectivity index (χ0) is 14.4. The third-order valence-electron chi connectivity index (χ3n) is 5.59. The smallest absolute Gasteiger partial charge is 0.0270 e. The first-order valence-electron chi connectivity index (χ1n) is 8.50. The lowest BCUT2D eigenvalue weighted by molar-refractivity contribution is 0.150. The van der Waals surface area contributed by atoms with Crippen LogP contribution in [0.3, 0.4) is 0 Å². The van der Waals surface area contributed by atoms with Gasteiger partial charge in [-0.3, -0.25) is 4.98 Å². The first-order chi connectivity index (χ1) is 9.62. The molecule has 1 heteroatoms. The molecule has 0 bridgehead atoms. The van der Waals surface area contributed by atoms with Gasteiger partial charge in [0.1, 0.15) is 0 Å². The summed E-state index contributed by atoms with van der Waals surface area (Å²) in [6.45, 7) is 7.27. The van der Waals surface area contributed by atoms with E-state index in [1.807, 2.05) is 12.4 Å². The van der Waals surface area contributed by atoms with E-state index < -0.39 is 0 Å². The third-order valence-corrected chi connectivity index (χ3v) is 5.59. The van der Waals surface area contributed by atoms with Gasteiger partial charge in [0, 0.05) is 12.4 Å². The fraction of sp³-hybridized carbons (Fsp3) is 0.737. The number of pyridine rings is 1. The van der Waals surface area contributed by atoms with Crippen LogP contribution in [-0.4, -0.2) is 4.98 Å². The summed E-state index contributed by atoms with van der Waals surface area (Å²) in [6.07, 6.45) is 15.1. The summed E-state index contributed by atoms with van der Waals surface area (Å²) in [5, 5.41) is 0. The summed E-state index contributed by atoms with van der Waals surface area (Å²) in [5.74, 6) is 1.78. The van der Waals surface area contributed by atoms with Crippen molar-refractivity contribution in [3.63, 3.8) is 0 Å². The van der Waals surface area contributed by atoms with Crippen molar-refractivity contribution in [1.82, 2.24) is 4.98 Å². The number of hydrogen-bond donors (Lipinski definition) is 0. The van der Waals surface area contributed by atoms with Crippen LogP contribution in [0.15, 0.2) is 24.5 Å². The molecule has 0 aliphatic heterocycles. The molecule has 1 heterocycles. The largest absolute Gasteiger partial charge is 0.265 e. The predicted octanol–water partition coefficient (Wildman–Crippen LogP) is 5.65. The zero-order valence-electron chi connectivity index (χ0n) is 13.6. The van der Waals surface area contributed by atoms with Crippen molar-refractivity contribution < 1.29 is 0 Å². The molecule has 1 aromatic rings. The Morgan fingerprint density at radius 3 is 2.40 bits per heavy atom. The lowest BCUT2D eigenvalue weighted by Gasteiger charge is -2.37. The molecule has 0 amide bonds. The maximum Gasteiger partial charge on any atom is 0.0270 e. The third kappa shape index (κ3) is 4.33. The Balaban J connectivity index is 2.04. The van der Waals surface area contributed by atoms with Crippen LogP contribution < -0.4 is 0 Å². The molecule has 0 aromatic carbocycles. The normalized spacial score (nSPS) is 18.9. The van der Waals surface area contributed by atoms with E-state index >= 15 is 0 Å². The predicted molar refractivity (Wildman–Crippen MR) is 86.7 cm³/mol. The van der Waals surface area contributed by atoms with Crippen molar-refractivity contribution in [2.24, 2.45) is 17.3 Å². The number of rotatable bonds is 6. The van der Waals surface area contributed by atoms with Crippen molar-refractivity contribution in [2.75, 3.05) is 0 Å². The summed E-state index contributed by atoms with van der Waals surface area (Å²) < 4.78 is 0. The van der Waals surface area contributed by atoms with Gasteiger partial charge in [0.25, 0.3) is 0 Å². The SMILES string of the molecule is CCC(C)(C)C(Cc1ccncc1)CC1CCCCC1. The average Bonchev–Trinajstić information content (AvgIpc) is 2.49. The Kier molecular flexibility index (Phi) is 5.63. The van der Waals surface area contributed by atoms with Crippen LogP contribution in [0.1, 0.15) is 71.3 Å². The van der Waals surface area contributed by atoms with Crippen LogP contribution in [0.4, 0.5) is 0 Å². The molecule has 20 heavy (non-hydrogen) atoms. The zero-order valence-corrected chi connectivity index (χ0v) is 13.6. The van der Waals surface area contributed by atoms with Gasteiger partial charge in [-0.15, -0.1) is 0 Å². The molecule has 0 spiro atoms. The molecule has 0 radical (unpaired) electrons. The van der Waals surface area contributed by atoms with Gasteiger partial charge in [-0.2, -0.15) is 0 Å². The molecule has 1 aliphatic carbocycles. The van der Waals surface area contributed by atoms with Gasteiger partial charge >= 0.3 is 0 Å². The maximum atomic E-state index is 4.15. The topological polar surface area (TPSA) is 12.9 Å². The van der Waals surface area contributed by atoms with Crippen LogP contribution in [0.25, 0.3) is 0 Å². The Morgan fingerprint density at radius 1 is 1.15 bits per heavy atom. The minimum atomic E-state index is 0.445. The highest BCUT2D eigenvalue weighted by Crippen LogP contribution is 2.40. The van der Waals surface area contributed by atoms with E-state index in [0.717, 1.165) is 11.8 Å². The minimum absolute atomic E-state index is 0.445. The molecule has 0 saturated heterocycles. The van der Waals surface area contributed by atoms with E-state index in [-0.39, 0.29) is 0 Å². The van der Waals surface area contributed by atoms with Gasteiger partial charge in [-0.1, -0.05) is 59.3 Å². The molecule has 1 saturated carbocycles. The van der Waals surface area contributed by atoms with Gasteiger partial charge in [-0.25, -0.2) is 0 Å². The van der Waals surface area contributed by atoms with Gasteiger partial charge in [0.15, 0.2) is 0 Å². The van der Waals surface area contributed by atoms with Crippen LogP contribution in [0.2, 0.25) is 0 Å². The molecule has 1 unspecified atom stereocenters. The Morgan fingerprint density at radius 2 is 1.80 bits per heavy atom. The van der Waals surface area contributed by atoms with Crippen LogP contribution >= 0.6 is 0 Å². The lowest BCUT2D eigenvalue weighted by atomic mass is 9.68. The fourth-order valence-corrected chi connectivity index (χ4v) is 3.60. The quantitative estimate of drug-likeness (QED) is 0.653. The van der Waals surface area contributed by atoms with E-state index in [4.69, 9.17) is 0 Å². The second-order valence-corrected chi connectivity index (χ2v) is 7.34. The second kappa shape index (κ2) is 7.24. The summed E-state index contributed by atoms with van der Waals surface area (Å²) in [5.41, 5.74) is 1.91. The Bertz CT molecular complexity index is 376. The van der Waals surface area contributed by atoms with Crippen molar-refractivity contribution in [3.05, 3.63) is 30.1 Å². The molecule has 0 N–H and O–H groups in total. The van der Waals surface area contributed by atoms with Crippen LogP contribution in [-0.2, 0) is 6.42 Å². The summed E-state index contributed by atoms with van der Waals surface area (Å²) in [4.78, 5) is 4.15. The van der Waals surface area contributed by atoms with Gasteiger partial charge < -0.3 is 0 Å². The average molecular weight is 273 g/mol. The second-order valence-electron chi connectivity index (χ2n) is 7.34. The Hall–Kier alpha value is -0.850. The van der Waals surface area contributed by atoms with E-state index in [1.165, 1.54) is 56.9 Å². The first-order valence-corrected chi connectivity index (χ1v) is 8.50. The Labute approximate surface area is 125 Å². The number of hydrogen-bond acceptors (Lipinski definition) is 1. The molecule has 1 nitrogen and oxygen atoms in total. The van der Waals surface area contributed by atoms with Gasteiger partial charge in [0.05, 0.1) is 0 Å². The van der Waals surface area contributed by atoms with E-state index in [1.54, 1.807) is 0 Å². The maximum absolute atomic E-state index is 4.15. The summed E-state index contributed by atoms with van der Waals surface area (Å²) in [6, 6.07) is 4.39. The van der Waals surface area contributed by atoms with E-state index in [9.17, 15) is 0 Å². The van der Waals surface area contributed by atoms with E-state index in [0.29, 0.717) is 5.41 Å². The molecule has 1 aromatic heterocycles. The molecule has 112 valence electrons. The van der Waals surface area contributed by atoms with Crippen LogP contribution in [0.5, 0.6) is 0 Å². The van der Waals surface area contributed by atoms with Crippen molar-refractivity contribution in [1.29, 1.82) is 0 Å². The van der Waals surface area contributed by atoms with Gasteiger partial charge in [0.2, 0.25) is 0 Å². The number of aromatic nitrogens is 1. The molecule has 1 fully saturated rings. The lowest BCUT2D eigenvalue weighted by Crippen LogP contribution is -2.28. The van der Waals surface area contributed by atoms with Gasteiger partial charge in [-0.05, 0) is 47.8 Å². The van der Waals surface area contributed by atoms with Crippen molar-refractivity contribution >= 4 is 0 Å². The van der Waals surface area contributed by atoms with Crippen molar-refractivity contribution in [2.45, 2.75) is 72.1 Å². The number of nitrogens with zero attached hydrogens (tertiary/aromatic N) is 1. The summed E-state index contributed by atoms with van der Waals surface area (Å²) >= 11 is 0. The standard InChI is InChI=1S/C19H31N/c1-4-19(2,3)18(14-16-8-6-5-7-9-16)15-17-10-12-20-13-11-17/h10-13,16,18H,4-9,14-15H2,1-3H3. The van der Waals surface area contributed by atoms with Crippen molar-refractivity contribution in [3.8, 4) is 0 Å². The first kappa shape index (κ1) is 15.5. The molecular weight excluding hydrogens is 242 g/mol. The monoisotopic (exact) mass is 273 g/mol. The molecule has 2 rings (SSSR count). The molecule has 1 aliphatic rings. The van der Waals surface area contributed by atoms with Crippen LogP contribution in [0, 0.1) is 17.3 Å². The van der Waals surface area contributed by atoms with E-state index in [2.05, 4.69) is 37.9 Å². The highest BCUT2D eigenvalue weighted by atomic mass is 14.6. The fourth-order valence-electron chi connectivity index (χ4n) is 3.60. The highest BCUT2D eigenvalue weighted by molar-refractivity contribution is 5.11.